The lowest BCUT2D eigenvalue weighted by molar-refractivity contribution is 0.102. The maximum absolute atomic E-state index is 15.1. The van der Waals surface area contributed by atoms with E-state index >= 15 is 4.39 Å². The number of benzene rings is 2. The number of amides is 1. The molecule has 4 rings (SSSR count). The number of aromatic nitrogens is 2. The Balaban J connectivity index is 1.58. The van der Waals surface area contributed by atoms with Gasteiger partial charge in [-0.05, 0) is 49.4 Å². The van der Waals surface area contributed by atoms with E-state index in [1.165, 1.54) is 30.5 Å². The monoisotopic (exact) mass is 687 g/mol. The molecule has 1 unspecified atom stereocenters. The van der Waals surface area contributed by atoms with Crippen LogP contribution < -0.4 is 25.7 Å². The van der Waals surface area contributed by atoms with E-state index in [9.17, 15) is 43.0 Å². The van der Waals surface area contributed by atoms with Crippen molar-refractivity contribution in [3.8, 4) is 22.9 Å². The highest BCUT2D eigenvalue weighted by Crippen LogP contribution is 2.64. The van der Waals surface area contributed by atoms with E-state index in [0.717, 1.165) is 41.1 Å². The van der Waals surface area contributed by atoms with Gasteiger partial charge in [0.25, 0.3) is 11.5 Å². The Labute approximate surface area is 258 Å². The third-order valence-corrected chi connectivity index (χ3v) is 9.61. The molecule has 19 heteroatoms. The van der Waals surface area contributed by atoms with Crippen LogP contribution in [-0.2, 0) is 4.57 Å². The minimum atomic E-state index is -5.33. The fourth-order valence-electron chi connectivity index (χ4n) is 3.88. The largest absolute Gasteiger partial charge is 0.493 e. The molecule has 4 aromatic rings. The summed E-state index contributed by atoms with van der Waals surface area (Å²) < 4.78 is 52.1. The molecule has 1 amide bonds. The highest BCUT2D eigenvalue weighted by Gasteiger charge is 2.55. The second kappa shape index (κ2) is 13.6. The van der Waals surface area contributed by atoms with Gasteiger partial charge in [0.15, 0.2) is 23.1 Å². The molecule has 2 heterocycles. The molecule has 14 nitrogen and oxygen atoms in total. The van der Waals surface area contributed by atoms with Crippen LogP contribution in [0.15, 0.2) is 71.8 Å². The van der Waals surface area contributed by atoms with Crippen molar-refractivity contribution in [1.29, 1.82) is 0 Å². The molecule has 0 aliphatic carbocycles. The minimum Gasteiger partial charge on any atom is -0.493 e. The number of hydrogen-bond donors (Lipinski definition) is 7. The zero-order valence-corrected chi connectivity index (χ0v) is 25.4. The zero-order chi connectivity index (χ0) is 33.1. The predicted octanol–water partition coefficient (Wildman–Crippen LogP) is 4.22. The van der Waals surface area contributed by atoms with Gasteiger partial charge in [0, 0.05) is 35.9 Å². The standard InChI is InChI=1S/C26H23ClF2N4O10P2/c1-2-42-19-10-12-33(16-6-3-14(28)4-7-16)25(35)21(19)24(34)31-15-5-8-18(17(29)13-15)43-20-9-11-30-23(22(20)27)32-26(44(36,37)38)45(39,40)41/h3-13,26,36-38H,2H2,1H3,(H3-,30,31,32,34,39,40,41)/p+1. The van der Waals surface area contributed by atoms with E-state index in [0.29, 0.717) is 0 Å². The van der Waals surface area contributed by atoms with E-state index in [4.69, 9.17) is 21.1 Å². The molecular formula is C26H24ClF2N4O10P2+. The summed E-state index contributed by atoms with van der Waals surface area (Å²) in [6.45, 7) is 1.77. The van der Waals surface area contributed by atoms with Crippen LogP contribution in [0.5, 0.6) is 17.2 Å². The van der Waals surface area contributed by atoms with Gasteiger partial charge in [0.1, 0.15) is 22.2 Å². The lowest BCUT2D eigenvalue weighted by Crippen LogP contribution is -2.29. The van der Waals surface area contributed by atoms with Gasteiger partial charge in [-0.25, -0.2) is 13.8 Å². The number of anilines is 2. The van der Waals surface area contributed by atoms with E-state index in [1.54, 1.807) is 6.92 Å². The van der Waals surface area contributed by atoms with Crippen molar-refractivity contribution in [3.63, 3.8) is 0 Å². The fraction of sp³-hybridized carbons (Fsp3) is 0.115. The lowest BCUT2D eigenvalue weighted by atomic mass is 10.2. The average molecular weight is 688 g/mol. The maximum Gasteiger partial charge on any atom is 0.441 e. The van der Waals surface area contributed by atoms with Crippen molar-refractivity contribution >= 4 is 44.6 Å². The number of rotatable bonds is 11. The van der Waals surface area contributed by atoms with Gasteiger partial charge in [-0.2, -0.15) is 14.7 Å². The second-order valence-electron chi connectivity index (χ2n) is 9.03. The van der Waals surface area contributed by atoms with Crippen LogP contribution in [0, 0.1) is 11.6 Å². The summed E-state index contributed by atoms with van der Waals surface area (Å²) in [6, 6.07) is 10.7. The number of carbonyl (C=O) groups is 1. The van der Waals surface area contributed by atoms with Crippen LogP contribution in [0.2, 0.25) is 5.02 Å². The first-order valence-corrected chi connectivity index (χ1v) is 16.3. The molecule has 0 spiro atoms. The van der Waals surface area contributed by atoms with Crippen LogP contribution in [-0.4, -0.2) is 52.1 Å². The first kappa shape index (κ1) is 33.9. The molecule has 7 N–H and O–H groups in total. The average Bonchev–Trinajstić information content (AvgIpc) is 2.94. The van der Waals surface area contributed by atoms with Crippen molar-refractivity contribution in [1.82, 2.24) is 9.55 Å². The zero-order valence-electron chi connectivity index (χ0n) is 22.8. The topological polar surface area (TPSA) is 213 Å². The van der Waals surface area contributed by atoms with E-state index in [-0.39, 0.29) is 29.5 Å². The highest BCUT2D eigenvalue weighted by atomic mass is 35.5. The smallest absolute Gasteiger partial charge is 0.441 e. The van der Waals surface area contributed by atoms with Crippen LogP contribution >= 0.6 is 27.1 Å². The Morgan fingerprint density at radius 1 is 1.07 bits per heavy atom. The van der Waals surface area contributed by atoms with Gasteiger partial charge in [-0.1, -0.05) is 11.6 Å². The van der Waals surface area contributed by atoms with Gasteiger partial charge in [-0.15, -0.1) is 0 Å². The Bertz CT molecular complexity index is 1830. The minimum absolute atomic E-state index is 0.0421. The Hall–Kier alpha value is -3.98. The number of nitrogens with one attached hydrogen (secondary N) is 2. The van der Waals surface area contributed by atoms with Crippen LogP contribution in [0.1, 0.15) is 17.3 Å². The molecule has 238 valence electrons. The van der Waals surface area contributed by atoms with Crippen molar-refractivity contribution in [2.24, 2.45) is 0 Å². The van der Waals surface area contributed by atoms with Crippen molar-refractivity contribution < 1.29 is 52.1 Å². The number of nitrogens with zero attached hydrogens (tertiary/aromatic N) is 2. The third kappa shape index (κ3) is 8.00. The Morgan fingerprint density at radius 3 is 2.36 bits per heavy atom. The van der Waals surface area contributed by atoms with Crippen LogP contribution in [0.3, 0.4) is 0 Å². The number of pyridine rings is 2. The SMILES string of the molecule is CCOc1ccn(-c2ccc(F)cc2)c(=O)c1C(=O)Nc1ccc(Oc2ccnc(NC(P(=O)(O)O)[P+](O)(O)O)c2Cl)c(F)c1. The molecule has 0 fully saturated rings. The number of carbonyl (C=O) groups excluding carboxylic acids is 1. The Kier molecular flexibility index (Phi) is 10.2. The first-order valence-electron chi connectivity index (χ1n) is 12.6. The summed E-state index contributed by atoms with van der Waals surface area (Å²) in [5.41, 5.74) is -3.56. The van der Waals surface area contributed by atoms with Gasteiger partial charge in [0.2, 0.25) is 0 Å². The van der Waals surface area contributed by atoms with Crippen molar-refractivity contribution in [2.45, 2.75) is 12.4 Å². The summed E-state index contributed by atoms with van der Waals surface area (Å²) in [6.07, 6.45) is 2.39. The lowest BCUT2D eigenvalue weighted by Gasteiger charge is -2.20. The normalized spacial score (nSPS) is 12.4. The summed E-state index contributed by atoms with van der Waals surface area (Å²) in [5, 5.41) is 3.91. The quantitative estimate of drug-likeness (QED) is 0.110. The predicted molar refractivity (Wildman–Crippen MR) is 160 cm³/mol. The van der Waals surface area contributed by atoms with E-state index in [1.807, 2.05) is 5.32 Å². The number of halogens is 3. The summed E-state index contributed by atoms with van der Waals surface area (Å²) in [5.74, 6) is -3.78. The van der Waals surface area contributed by atoms with Gasteiger partial charge < -0.3 is 29.9 Å². The third-order valence-electron chi connectivity index (χ3n) is 5.86. The van der Waals surface area contributed by atoms with Gasteiger partial charge in [0.05, 0.1) is 6.61 Å². The molecule has 0 bridgehead atoms. The van der Waals surface area contributed by atoms with E-state index < -0.39 is 66.3 Å². The van der Waals surface area contributed by atoms with Crippen molar-refractivity contribution in [2.75, 3.05) is 17.2 Å². The molecule has 0 aliphatic rings. The molecule has 0 saturated carbocycles. The van der Waals surface area contributed by atoms with Crippen LogP contribution in [0.25, 0.3) is 5.69 Å². The second-order valence-corrected chi connectivity index (χ2v) is 13.3. The van der Waals surface area contributed by atoms with Crippen molar-refractivity contribution in [3.05, 3.63) is 99.6 Å². The molecule has 0 saturated heterocycles. The molecule has 0 radical (unpaired) electrons. The molecule has 45 heavy (non-hydrogen) atoms. The number of ether oxygens (including phenoxy) is 2. The number of hydrogen-bond acceptors (Lipinski definition) is 10. The first-order chi connectivity index (χ1) is 21.1. The van der Waals surface area contributed by atoms with Gasteiger partial charge >= 0.3 is 21.1 Å². The summed E-state index contributed by atoms with van der Waals surface area (Å²) in [7, 11) is -10.5. The maximum atomic E-state index is 15.1. The van der Waals surface area contributed by atoms with Gasteiger partial charge in [-0.3, -0.25) is 18.7 Å². The molecule has 2 aromatic carbocycles. The molecule has 0 aliphatic heterocycles. The Morgan fingerprint density at radius 2 is 1.76 bits per heavy atom. The highest BCUT2D eigenvalue weighted by molar-refractivity contribution is 7.74. The summed E-state index contributed by atoms with van der Waals surface area (Å²) >= 11 is 6.17. The molecule has 1 atom stereocenters. The molecule has 2 aromatic heterocycles. The molecular weight excluding hydrogens is 664 g/mol. The summed E-state index contributed by atoms with van der Waals surface area (Å²) in [4.78, 5) is 77.3. The van der Waals surface area contributed by atoms with Crippen LogP contribution in [0.4, 0.5) is 20.3 Å². The fourth-order valence-corrected chi connectivity index (χ4v) is 6.29. The van der Waals surface area contributed by atoms with E-state index in [2.05, 4.69) is 10.3 Å².